The summed E-state index contributed by atoms with van der Waals surface area (Å²) >= 11 is 0. The maximum absolute atomic E-state index is 13.4. The number of nitrogen functional groups attached to an aromatic ring is 1. The zero-order valence-corrected chi connectivity index (χ0v) is 20.7. The van der Waals surface area contributed by atoms with Crippen LogP contribution in [0.5, 0.6) is 6.01 Å². The molecule has 10 nitrogen and oxygen atoms in total. The highest BCUT2D eigenvalue weighted by Crippen LogP contribution is 2.33. The van der Waals surface area contributed by atoms with Crippen LogP contribution in [0, 0.1) is 0 Å². The van der Waals surface area contributed by atoms with Crippen molar-refractivity contribution in [3.63, 3.8) is 0 Å². The lowest BCUT2D eigenvalue weighted by Gasteiger charge is -2.22. The Morgan fingerprint density at radius 2 is 1.97 bits per heavy atom. The van der Waals surface area contributed by atoms with Crippen LogP contribution in [0.1, 0.15) is 46.3 Å². The van der Waals surface area contributed by atoms with Crippen molar-refractivity contribution in [2.75, 3.05) is 55.8 Å². The van der Waals surface area contributed by atoms with Crippen LogP contribution in [0.4, 0.5) is 17.3 Å². The molecular weight excluding hydrogens is 458 g/mol. The summed E-state index contributed by atoms with van der Waals surface area (Å²) in [7, 11) is 1.70. The predicted octanol–water partition coefficient (Wildman–Crippen LogP) is 2.20. The predicted molar refractivity (Wildman–Crippen MR) is 138 cm³/mol. The number of ether oxygens (including phenoxy) is 1. The van der Waals surface area contributed by atoms with Gasteiger partial charge in [-0.15, -0.1) is 0 Å². The van der Waals surface area contributed by atoms with Gasteiger partial charge in [0.2, 0.25) is 6.41 Å². The van der Waals surface area contributed by atoms with Crippen LogP contribution < -0.4 is 20.7 Å². The lowest BCUT2D eigenvalue weighted by molar-refractivity contribution is -0.107. The number of carbonyl (C=O) groups is 2. The third kappa shape index (κ3) is 4.86. The van der Waals surface area contributed by atoms with E-state index < -0.39 is 0 Å². The smallest absolute Gasteiger partial charge is 0.320 e. The van der Waals surface area contributed by atoms with E-state index in [-0.39, 0.29) is 24.3 Å². The van der Waals surface area contributed by atoms with E-state index in [2.05, 4.69) is 38.4 Å². The molecule has 0 atom stereocenters. The zero-order valence-electron chi connectivity index (χ0n) is 20.7. The van der Waals surface area contributed by atoms with Gasteiger partial charge in [-0.25, -0.2) is 0 Å². The molecule has 5 rings (SSSR count). The second-order valence-corrected chi connectivity index (χ2v) is 9.44. The van der Waals surface area contributed by atoms with E-state index in [1.807, 2.05) is 11.0 Å². The van der Waals surface area contributed by atoms with Crippen LogP contribution in [0.15, 0.2) is 24.3 Å². The number of rotatable bonds is 5. The van der Waals surface area contributed by atoms with E-state index in [0.717, 1.165) is 54.8 Å². The quantitative estimate of drug-likeness (QED) is 0.483. The molecule has 10 heteroatoms. The third-order valence-electron chi connectivity index (χ3n) is 7.07. The van der Waals surface area contributed by atoms with Crippen molar-refractivity contribution in [3.05, 3.63) is 46.5 Å². The Morgan fingerprint density at radius 1 is 1.14 bits per heavy atom. The summed E-state index contributed by atoms with van der Waals surface area (Å²) in [5.41, 5.74) is 10.4. The minimum Gasteiger partial charge on any atom is -0.463 e. The number of nitrogens with zero attached hydrogens (tertiary/aromatic N) is 5. The lowest BCUT2D eigenvalue weighted by atomic mass is 9.96. The third-order valence-corrected chi connectivity index (χ3v) is 7.07. The summed E-state index contributed by atoms with van der Waals surface area (Å²) in [6.45, 7) is 5.11. The van der Waals surface area contributed by atoms with Gasteiger partial charge in [0.1, 0.15) is 5.69 Å². The van der Waals surface area contributed by atoms with Crippen molar-refractivity contribution in [2.45, 2.75) is 38.8 Å². The van der Waals surface area contributed by atoms with E-state index in [1.165, 1.54) is 17.7 Å². The van der Waals surface area contributed by atoms with Crippen LogP contribution in [-0.2, 0) is 24.3 Å². The fraction of sp³-hybridized carbons (Fsp3) is 0.462. The first-order valence-corrected chi connectivity index (χ1v) is 12.6. The molecule has 1 fully saturated rings. The van der Waals surface area contributed by atoms with E-state index in [0.29, 0.717) is 37.5 Å². The molecule has 3 N–H and O–H groups in total. The number of nitrogens with two attached hydrogens (primary N) is 1. The van der Waals surface area contributed by atoms with Crippen molar-refractivity contribution < 1.29 is 14.3 Å². The van der Waals surface area contributed by atoms with Crippen LogP contribution in [-0.4, -0.2) is 71.9 Å². The van der Waals surface area contributed by atoms with Gasteiger partial charge in [0, 0.05) is 32.2 Å². The van der Waals surface area contributed by atoms with Crippen molar-refractivity contribution >= 4 is 29.6 Å². The summed E-state index contributed by atoms with van der Waals surface area (Å²) in [4.78, 5) is 40.1. The molecule has 2 amide bonds. The highest BCUT2D eigenvalue weighted by Gasteiger charge is 2.30. The van der Waals surface area contributed by atoms with Gasteiger partial charge in [-0.05, 0) is 61.5 Å². The van der Waals surface area contributed by atoms with Crippen LogP contribution in [0.25, 0.3) is 0 Å². The van der Waals surface area contributed by atoms with E-state index in [1.54, 1.807) is 7.05 Å². The summed E-state index contributed by atoms with van der Waals surface area (Å²) in [5, 5.41) is 2.99. The van der Waals surface area contributed by atoms with Crippen LogP contribution in [0.2, 0.25) is 0 Å². The van der Waals surface area contributed by atoms with Gasteiger partial charge in [-0.2, -0.15) is 9.97 Å². The number of aromatic nitrogens is 2. The molecule has 0 radical (unpaired) electrons. The molecule has 36 heavy (non-hydrogen) atoms. The molecule has 4 heterocycles. The molecule has 4 bridgehead atoms. The van der Waals surface area contributed by atoms with Gasteiger partial charge < -0.3 is 25.6 Å². The minimum atomic E-state index is 0.0629. The number of allylic oxidation sites excluding steroid dienone is 1. The number of carbonyl (C=O) groups excluding carboxylic acids is 2. The average Bonchev–Trinajstić information content (AvgIpc) is 3.50. The zero-order chi connectivity index (χ0) is 25.1. The Hall–Kier alpha value is -3.66. The highest BCUT2D eigenvalue weighted by molar-refractivity contribution is 5.99. The number of fused-ring (bicyclic) bond motifs is 6. The Balaban J connectivity index is 1.48. The number of hydrogen-bond acceptors (Lipinski definition) is 8. The molecule has 190 valence electrons. The van der Waals surface area contributed by atoms with Crippen LogP contribution in [0.3, 0.4) is 0 Å². The molecular formula is C26H33N7O3. The topological polar surface area (TPSA) is 117 Å². The Labute approximate surface area is 211 Å². The molecule has 2 aromatic rings. The van der Waals surface area contributed by atoms with Gasteiger partial charge in [0.25, 0.3) is 5.91 Å². The van der Waals surface area contributed by atoms with E-state index in [9.17, 15) is 9.59 Å². The van der Waals surface area contributed by atoms with E-state index in [4.69, 9.17) is 10.5 Å². The summed E-state index contributed by atoms with van der Waals surface area (Å²) in [6.07, 6.45) is 8.75. The van der Waals surface area contributed by atoms with Gasteiger partial charge in [-0.1, -0.05) is 18.2 Å². The number of likely N-dealkylation sites (tertiary alicyclic amines) is 1. The molecule has 1 aromatic heterocycles. The molecule has 1 saturated heterocycles. The lowest BCUT2D eigenvalue weighted by Crippen LogP contribution is -2.34. The summed E-state index contributed by atoms with van der Waals surface area (Å²) in [6, 6.07) is 4.14. The number of benzene rings is 1. The number of amides is 2. The highest BCUT2D eigenvalue weighted by atomic mass is 16.5. The minimum absolute atomic E-state index is 0.0629. The van der Waals surface area contributed by atoms with Crippen molar-refractivity contribution in [1.29, 1.82) is 0 Å². The maximum Gasteiger partial charge on any atom is 0.320 e. The van der Waals surface area contributed by atoms with Gasteiger partial charge in [-0.3, -0.25) is 14.5 Å². The van der Waals surface area contributed by atoms with Gasteiger partial charge in [0.15, 0.2) is 11.6 Å². The molecule has 3 aliphatic rings. The monoisotopic (exact) mass is 491 g/mol. The van der Waals surface area contributed by atoms with Gasteiger partial charge in [0.05, 0.1) is 13.2 Å². The maximum atomic E-state index is 13.4. The van der Waals surface area contributed by atoms with Crippen molar-refractivity contribution in [1.82, 2.24) is 19.8 Å². The molecule has 0 unspecified atom stereocenters. The number of hydrogen-bond donors (Lipinski definition) is 2. The number of anilines is 3. The summed E-state index contributed by atoms with van der Waals surface area (Å²) < 4.78 is 5.71. The largest absolute Gasteiger partial charge is 0.463 e. The Kier molecular flexibility index (Phi) is 7.04. The summed E-state index contributed by atoms with van der Waals surface area (Å²) in [5.74, 6) is 0.599. The first-order chi connectivity index (χ1) is 17.6. The fourth-order valence-corrected chi connectivity index (χ4v) is 5.19. The second-order valence-electron chi connectivity index (χ2n) is 9.44. The fourth-order valence-electron chi connectivity index (χ4n) is 5.19. The Bertz CT molecular complexity index is 1180. The normalized spacial score (nSPS) is 19.0. The second kappa shape index (κ2) is 10.5. The van der Waals surface area contributed by atoms with Crippen LogP contribution >= 0.6 is 0 Å². The number of nitrogens with one attached hydrogen (secondary N) is 1. The first kappa shape index (κ1) is 24.1. The molecule has 0 spiro atoms. The Morgan fingerprint density at radius 3 is 2.75 bits per heavy atom. The molecule has 0 aliphatic carbocycles. The molecule has 1 aromatic carbocycles. The van der Waals surface area contributed by atoms with E-state index >= 15 is 0 Å². The molecule has 3 aliphatic heterocycles. The van der Waals surface area contributed by atoms with Crippen molar-refractivity contribution in [3.8, 4) is 6.01 Å². The van der Waals surface area contributed by atoms with Gasteiger partial charge >= 0.3 is 6.01 Å². The standard InChI is InChI=1S/C26H33N7O3/c1-28-22-23(27)29-26-30-24(22)33(17-34)15-18-13-19(7-3-2-6-12-36-26)21-16-32(25(35)20(21)14-18)11-10-31-8-4-5-9-31/h2-3,13-14,17,28H,4-12,15-16H2,1H3,(H2,27,29,30)/b3-2-. The SMILES string of the molecule is CNc1c(N)nc2nc1N(C=O)Cc1cc(c3c(c1)C(=O)N(CCN1CCCC1)C3)C/C=C\CCO2. The van der Waals surface area contributed by atoms with Crippen molar-refractivity contribution in [2.24, 2.45) is 0 Å². The average molecular weight is 492 g/mol. The molecule has 0 saturated carbocycles. The first-order valence-electron chi connectivity index (χ1n) is 12.6.